The van der Waals surface area contributed by atoms with Crippen molar-refractivity contribution in [2.75, 3.05) is 20.3 Å². The highest BCUT2D eigenvalue weighted by Crippen LogP contribution is 2.11. The normalized spacial score (nSPS) is 12.7. The van der Waals surface area contributed by atoms with Crippen molar-refractivity contribution >= 4 is 11.7 Å². The molecule has 0 saturated heterocycles. The largest absolute Gasteiger partial charge is 0.467 e. The number of nitrogens with zero attached hydrogens (tertiary/aromatic N) is 1. The Balaban J connectivity index is 2.62. The molecule has 23 heavy (non-hydrogen) atoms. The lowest BCUT2D eigenvalue weighted by atomic mass is 10.0. The van der Waals surface area contributed by atoms with Gasteiger partial charge in [-0.2, -0.15) is 0 Å². The number of ketones is 1. The third kappa shape index (κ3) is 6.37. The van der Waals surface area contributed by atoms with Crippen molar-refractivity contribution in [3.05, 3.63) is 12.3 Å². The number of hydrogen-bond donors (Lipinski definition) is 2. The molecule has 1 aromatic rings. The molecule has 0 unspecified atom stereocenters. The lowest BCUT2D eigenvalue weighted by Crippen LogP contribution is -2.51. The highest BCUT2D eigenvalue weighted by Gasteiger charge is 2.31. The number of aromatic nitrogens is 1. The van der Waals surface area contributed by atoms with E-state index >= 15 is 0 Å². The summed E-state index contributed by atoms with van der Waals surface area (Å²) >= 11 is 0. The topological polar surface area (TPSA) is 117 Å². The van der Waals surface area contributed by atoms with E-state index in [-0.39, 0.29) is 24.2 Å². The fraction of sp³-hybridized carbons (Fsp3) is 0.667. The second-order valence-electron chi connectivity index (χ2n) is 5.62. The number of unbranched alkanes of at least 4 members (excludes halogenated alkanes) is 1. The van der Waals surface area contributed by atoms with Crippen LogP contribution in [0.15, 0.2) is 16.9 Å². The molecule has 1 heterocycles. The van der Waals surface area contributed by atoms with Gasteiger partial charge in [0.2, 0.25) is 0 Å². The Hall–Kier alpha value is -1.93. The number of nitrogens with two attached hydrogens (primary N) is 1. The number of Topliss-reactive ketones (excluding diaryl/α,β-unsaturated/α-hetero) is 1. The quantitative estimate of drug-likeness (QED) is 0.573. The molecule has 0 radical (unpaired) electrons. The van der Waals surface area contributed by atoms with Gasteiger partial charge in [-0.3, -0.25) is 9.59 Å². The maximum absolute atomic E-state index is 12.3. The van der Waals surface area contributed by atoms with Gasteiger partial charge in [-0.25, -0.2) is 0 Å². The number of nitrogens with one attached hydrogen (secondary N) is 1. The summed E-state index contributed by atoms with van der Waals surface area (Å²) in [6, 6.07) is 0.846. The zero-order valence-electron chi connectivity index (χ0n) is 13.8. The highest BCUT2D eigenvalue weighted by atomic mass is 16.5. The van der Waals surface area contributed by atoms with Crippen LogP contribution in [0.2, 0.25) is 0 Å². The molecule has 0 fully saturated rings. The summed E-state index contributed by atoms with van der Waals surface area (Å²) < 4.78 is 15.0. The average molecular weight is 327 g/mol. The third-order valence-corrected chi connectivity index (χ3v) is 3.47. The van der Waals surface area contributed by atoms with Crippen LogP contribution in [-0.4, -0.2) is 48.8 Å². The van der Waals surface area contributed by atoms with E-state index in [0.29, 0.717) is 13.0 Å². The zero-order chi connectivity index (χ0) is 17.3. The maximum atomic E-state index is 12.3. The third-order valence-electron chi connectivity index (χ3n) is 3.47. The van der Waals surface area contributed by atoms with Crippen LogP contribution < -0.4 is 15.8 Å². The van der Waals surface area contributed by atoms with E-state index in [1.54, 1.807) is 13.8 Å². The molecular weight excluding hydrogens is 302 g/mol. The molecule has 1 amide bonds. The summed E-state index contributed by atoms with van der Waals surface area (Å²) in [5.74, 6) is -0.375. The van der Waals surface area contributed by atoms with E-state index in [0.717, 1.165) is 12.8 Å². The Bertz CT molecular complexity index is 487. The summed E-state index contributed by atoms with van der Waals surface area (Å²) in [5, 5.41) is 6.28. The Morgan fingerprint density at radius 3 is 2.74 bits per heavy atom. The van der Waals surface area contributed by atoms with E-state index < -0.39 is 11.6 Å². The summed E-state index contributed by atoms with van der Waals surface area (Å²) in [6.07, 6.45) is 3.34. The highest BCUT2D eigenvalue weighted by molar-refractivity contribution is 5.92. The van der Waals surface area contributed by atoms with Crippen molar-refractivity contribution in [2.45, 2.75) is 44.8 Å². The first-order valence-electron chi connectivity index (χ1n) is 7.52. The second kappa shape index (κ2) is 9.26. The van der Waals surface area contributed by atoms with E-state index in [1.165, 1.54) is 19.4 Å². The van der Waals surface area contributed by atoms with Crippen LogP contribution in [0.1, 0.15) is 33.1 Å². The van der Waals surface area contributed by atoms with Gasteiger partial charge in [0.1, 0.15) is 11.9 Å². The summed E-state index contributed by atoms with van der Waals surface area (Å²) in [5.41, 5.74) is 4.46. The van der Waals surface area contributed by atoms with Gasteiger partial charge < -0.3 is 25.0 Å². The monoisotopic (exact) mass is 327 g/mol. The molecule has 1 aromatic heterocycles. The number of amides is 1. The van der Waals surface area contributed by atoms with Crippen LogP contribution in [0, 0.1) is 0 Å². The molecule has 0 aliphatic rings. The molecule has 3 N–H and O–H groups in total. The Morgan fingerprint density at radius 2 is 2.17 bits per heavy atom. The minimum atomic E-state index is -1.01. The van der Waals surface area contributed by atoms with Crippen LogP contribution >= 0.6 is 0 Å². The van der Waals surface area contributed by atoms with Crippen LogP contribution in [0.25, 0.3) is 0 Å². The summed E-state index contributed by atoms with van der Waals surface area (Å²) in [6.45, 7) is 3.60. The van der Waals surface area contributed by atoms with Gasteiger partial charge in [0.25, 0.3) is 11.8 Å². The Labute approximate surface area is 135 Å². The molecule has 1 rings (SSSR count). The number of carbonyl (C=O) groups is 2. The maximum Gasteiger partial charge on any atom is 0.254 e. The van der Waals surface area contributed by atoms with Crippen LogP contribution in [0.5, 0.6) is 5.88 Å². The van der Waals surface area contributed by atoms with E-state index in [4.69, 9.17) is 15.2 Å². The van der Waals surface area contributed by atoms with Crippen LogP contribution in [0.3, 0.4) is 0 Å². The van der Waals surface area contributed by atoms with Crippen molar-refractivity contribution in [3.8, 4) is 5.88 Å². The smallest absolute Gasteiger partial charge is 0.254 e. The molecule has 8 heteroatoms. The lowest BCUT2D eigenvalue weighted by Gasteiger charge is -2.25. The second-order valence-corrected chi connectivity index (χ2v) is 5.62. The SMILES string of the molecule is COC(C)(C)C(=O)N[C@@H](CCCCN)C(=O)COc1ccon1. The number of hydrogen-bond acceptors (Lipinski definition) is 7. The number of methoxy groups -OCH3 is 1. The average Bonchev–Trinajstić information content (AvgIpc) is 3.05. The minimum absolute atomic E-state index is 0.201. The van der Waals surface area contributed by atoms with Crippen molar-refractivity contribution < 1.29 is 23.6 Å². The molecular formula is C15H25N3O5. The first-order valence-corrected chi connectivity index (χ1v) is 7.52. The molecule has 130 valence electrons. The summed E-state index contributed by atoms with van der Waals surface area (Å²) in [7, 11) is 1.44. The predicted octanol–water partition coefficient (Wildman–Crippen LogP) is 0.661. The molecule has 0 spiro atoms. The fourth-order valence-corrected chi connectivity index (χ4v) is 1.75. The van der Waals surface area contributed by atoms with Crippen LogP contribution in [0.4, 0.5) is 0 Å². The van der Waals surface area contributed by atoms with Crippen molar-refractivity contribution in [1.29, 1.82) is 0 Å². The lowest BCUT2D eigenvalue weighted by molar-refractivity contribution is -0.142. The van der Waals surface area contributed by atoms with E-state index in [9.17, 15) is 9.59 Å². The van der Waals surface area contributed by atoms with E-state index in [2.05, 4.69) is 15.0 Å². The van der Waals surface area contributed by atoms with E-state index in [1.807, 2.05) is 0 Å². The van der Waals surface area contributed by atoms with Crippen molar-refractivity contribution in [1.82, 2.24) is 10.5 Å². The summed E-state index contributed by atoms with van der Waals surface area (Å²) in [4.78, 5) is 24.5. The van der Waals surface area contributed by atoms with Crippen molar-refractivity contribution in [2.24, 2.45) is 5.73 Å². The molecule has 0 aliphatic carbocycles. The molecule has 8 nitrogen and oxygen atoms in total. The molecule has 1 atom stereocenters. The standard InChI is InChI=1S/C15H25N3O5/c1-15(2,21-3)14(20)17-11(6-4-5-8-16)12(19)10-22-13-7-9-23-18-13/h7,9,11H,4-6,8,10,16H2,1-3H3,(H,17,20)/t11-/m0/s1. The molecule has 0 aliphatic heterocycles. The van der Waals surface area contributed by atoms with Crippen molar-refractivity contribution in [3.63, 3.8) is 0 Å². The molecule has 0 aromatic carbocycles. The number of carbonyl (C=O) groups excluding carboxylic acids is 2. The van der Waals surface area contributed by atoms with Gasteiger partial charge in [-0.05, 0) is 44.8 Å². The fourth-order valence-electron chi connectivity index (χ4n) is 1.75. The number of ether oxygens (including phenoxy) is 2. The van der Waals surface area contributed by atoms with Gasteiger partial charge in [-0.15, -0.1) is 0 Å². The minimum Gasteiger partial charge on any atom is -0.467 e. The Kier molecular flexibility index (Phi) is 7.70. The first-order chi connectivity index (χ1) is 10.9. The van der Waals surface area contributed by atoms with Gasteiger partial charge in [0.15, 0.2) is 12.4 Å². The van der Waals surface area contributed by atoms with Gasteiger partial charge in [0.05, 0.1) is 6.04 Å². The van der Waals surface area contributed by atoms with Gasteiger partial charge in [0, 0.05) is 13.2 Å². The van der Waals surface area contributed by atoms with Gasteiger partial charge in [-0.1, -0.05) is 0 Å². The Morgan fingerprint density at radius 1 is 1.43 bits per heavy atom. The zero-order valence-corrected chi connectivity index (χ0v) is 13.8. The molecule has 0 saturated carbocycles. The van der Waals surface area contributed by atoms with Gasteiger partial charge >= 0.3 is 0 Å². The predicted molar refractivity (Wildman–Crippen MR) is 82.9 cm³/mol. The first kappa shape index (κ1) is 19.1. The molecule has 0 bridgehead atoms. The number of rotatable bonds is 11. The van der Waals surface area contributed by atoms with Crippen LogP contribution in [-0.2, 0) is 14.3 Å².